The van der Waals surface area contributed by atoms with E-state index < -0.39 is 0 Å². The summed E-state index contributed by atoms with van der Waals surface area (Å²) in [5, 5.41) is 3.91. The highest BCUT2D eigenvalue weighted by molar-refractivity contribution is 7.90. The number of hydrogen-bond acceptors (Lipinski definition) is 1. The third kappa shape index (κ3) is 1.65. The average Bonchev–Trinajstić information content (AvgIpc) is 2.84. The Kier molecular flexibility index (Phi) is 2.71. The van der Waals surface area contributed by atoms with Crippen molar-refractivity contribution in [3.05, 3.63) is 65.2 Å². The first-order chi connectivity index (χ1) is 9.86. The van der Waals surface area contributed by atoms with Gasteiger partial charge in [0.1, 0.15) is 0 Å². The molecule has 0 bridgehead atoms. The molecule has 4 rings (SSSR count). The fourth-order valence-corrected chi connectivity index (χ4v) is 3.42. The maximum absolute atomic E-state index is 4.75. The molecule has 0 aliphatic heterocycles. The number of benzene rings is 2. The summed E-state index contributed by atoms with van der Waals surface area (Å²) in [6.07, 6.45) is 4.45. The van der Waals surface area contributed by atoms with Gasteiger partial charge in [0.15, 0.2) is 0 Å². The van der Waals surface area contributed by atoms with E-state index in [0.29, 0.717) is 0 Å². The molecule has 2 heteroatoms. The first kappa shape index (κ1) is 11.9. The summed E-state index contributed by atoms with van der Waals surface area (Å²) in [5.74, 6) is 0. The molecule has 2 aromatic carbocycles. The van der Waals surface area contributed by atoms with Crippen molar-refractivity contribution in [3.8, 4) is 5.69 Å². The van der Waals surface area contributed by atoms with E-state index in [2.05, 4.69) is 65.2 Å². The SMILES string of the molecule is SC1=c2c(c3ccccc3n2-c2ccccc2)=CCC1. The maximum atomic E-state index is 4.75. The van der Waals surface area contributed by atoms with Crippen molar-refractivity contribution < 1.29 is 0 Å². The van der Waals surface area contributed by atoms with Crippen molar-refractivity contribution in [3.63, 3.8) is 0 Å². The van der Waals surface area contributed by atoms with Gasteiger partial charge in [0.05, 0.1) is 10.9 Å². The second-order valence-electron chi connectivity index (χ2n) is 5.14. The van der Waals surface area contributed by atoms with E-state index in [4.69, 9.17) is 12.6 Å². The molecule has 20 heavy (non-hydrogen) atoms. The van der Waals surface area contributed by atoms with Gasteiger partial charge in [0.25, 0.3) is 0 Å². The van der Waals surface area contributed by atoms with Gasteiger partial charge in [-0.1, -0.05) is 42.5 Å². The molecular formula is C18H15NS. The van der Waals surface area contributed by atoms with Gasteiger partial charge in [-0.25, -0.2) is 0 Å². The van der Waals surface area contributed by atoms with Crippen molar-refractivity contribution in [1.29, 1.82) is 0 Å². The third-order valence-corrected chi connectivity index (χ3v) is 4.37. The first-order valence-corrected chi connectivity index (χ1v) is 7.38. The largest absolute Gasteiger partial charge is 0.308 e. The fourth-order valence-electron chi connectivity index (χ4n) is 3.07. The standard InChI is InChI=1S/C18H15NS/c20-17-12-6-10-15-14-9-4-5-11-16(14)19(18(15)17)13-7-2-1-3-8-13/h1-5,7-11,20H,6,12H2. The molecule has 0 radical (unpaired) electrons. The van der Waals surface area contributed by atoms with Gasteiger partial charge in [-0.3, -0.25) is 0 Å². The summed E-state index contributed by atoms with van der Waals surface area (Å²) < 4.78 is 2.34. The number of aromatic nitrogens is 1. The predicted octanol–water partition coefficient (Wildman–Crippen LogP) is 3.24. The minimum atomic E-state index is 1.03. The third-order valence-electron chi connectivity index (χ3n) is 3.93. The highest BCUT2D eigenvalue weighted by Gasteiger charge is 2.13. The van der Waals surface area contributed by atoms with Crippen LogP contribution in [-0.2, 0) is 0 Å². The molecule has 1 heterocycles. The summed E-state index contributed by atoms with van der Waals surface area (Å²) >= 11 is 4.75. The zero-order chi connectivity index (χ0) is 13.5. The highest BCUT2D eigenvalue weighted by atomic mass is 32.1. The number of para-hydroxylation sites is 2. The lowest BCUT2D eigenvalue weighted by Gasteiger charge is -2.09. The van der Waals surface area contributed by atoms with E-state index in [1.165, 1.54) is 32.1 Å². The smallest absolute Gasteiger partial charge is 0.0630 e. The van der Waals surface area contributed by atoms with Gasteiger partial charge in [0, 0.05) is 21.2 Å². The quantitative estimate of drug-likeness (QED) is 0.652. The van der Waals surface area contributed by atoms with Crippen LogP contribution in [0.15, 0.2) is 54.6 Å². The Labute approximate surface area is 123 Å². The van der Waals surface area contributed by atoms with Crippen molar-refractivity contribution in [2.75, 3.05) is 0 Å². The highest BCUT2D eigenvalue weighted by Crippen LogP contribution is 2.19. The fraction of sp³-hybridized carbons (Fsp3) is 0.111. The zero-order valence-electron chi connectivity index (χ0n) is 11.1. The predicted molar refractivity (Wildman–Crippen MR) is 88.6 cm³/mol. The Balaban J connectivity index is 2.28. The van der Waals surface area contributed by atoms with Gasteiger partial charge in [-0.15, -0.1) is 12.6 Å². The Bertz CT molecular complexity index is 904. The Morgan fingerprint density at radius 1 is 0.900 bits per heavy atom. The molecule has 1 aromatic heterocycles. The van der Waals surface area contributed by atoms with Crippen LogP contribution >= 0.6 is 12.6 Å². The van der Waals surface area contributed by atoms with Crippen LogP contribution in [0.4, 0.5) is 0 Å². The summed E-state index contributed by atoms with van der Waals surface area (Å²) in [4.78, 5) is 1.18. The van der Waals surface area contributed by atoms with Gasteiger partial charge in [-0.05, 0) is 31.0 Å². The number of rotatable bonds is 1. The van der Waals surface area contributed by atoms with E-state index in [0.717, 1.165) is 12.8 Å². The van der Waals surface area contributed by atoms with Crippen LogP contribution in [0.5, 0.6) is 0 Å². The zero-order valence-corrected chi connectivity index (χ0v) is 12.0. The van der Waals surface area contributed by atoms with E-state index in [9.17, 15) is 0 Å². The molecular weight excluding hydrogens is 262 g/mol. The van der Waals surface area contributed by atoms with Crippen molar-refractivity contribution >= 4 is 34.5 Å². The summed E-state index contributed by atoms with van der Waals surface area (Å²) in [6.45, 7) is 0. The molecule has 0 saturated carbocycles. The van der Waals surface area contributed by atoms with Gasteiger partial charge in [-0.2, -0.15) is 0 Å². The summed E-state index contributed by atoms with van der Waals surface area (Å²) in [7, 11) is 0. The summed E-state index contributed by atoms with van der Waals surface area (Å²) in [5.41, 5.74) is 2.46. The van der Waals surface area contributed by atoms with Crippen LogP contribution in [0.1, 0.15) is 12.8 Å². The lowest BCUT2D eigenvalue weighted by molar-refractivity contribution is 1.02. The van der Waals surface area contributed by atoms with Crippen LogP contribution in [0.3, 0.4) is 0 Å². The molecule has 0 fully saturated rings. The monoisotopic (exact) mass is 277 g/mol. The topological polar surface area (TPSA) is 4.93 Å². The number of fused-ring (bicyclic) bond motifs is 3. The molecule has 98 valence electrons. The molecule has 1 aliphatic carbocycles. The first-order valence-electron chi connectivity index (χ1n) is 6.93. The molecule has 0 unspecified atom stereocenters. The Morgan fingerprint density at radius 2 is 1.65 bits per heavy atom. The van der Waals surface area contributed by atoms with Gasteiger partial charge < -0.3 is 4.57 Å². The van der Waals surface area contributed by atoms with Crippen molar-refractivity contribution in [2.24, 2.45) is 0 Å². The van der Waals surface area contributed by atoms with Crippen LogP contribution in [0.2, 0.25) is 0 Å². The maximum Gasteiger partial charge on any atom is 0.0630 e. The minimum Gasteiger partial charge on any atom is -0.308 e. The van der Waals surface area contributed by atoms with E-state index in [-0.39, 0.29) is 0 Å². The van der Waals surface area contributed by atoms with Crippen LogP contribution in [0, 0.1) is 0 Å². The molecule has 1 nitrogen and oxygen atoms in total. The average molecular weight is 277 g/mol. The molecule has 3 aromatic rings. The number of thiol groups is 1. The molecule has 0 N–H and O–H groups in total. The normalized spacial score (nSPS) is 14.2. The number of nitrogens with zero attached hydrogens (tertiary/aromatic N) is 1. The van der Waals surface area contributed by atoms with Crippen LogP contribution < -0.4 is 10.6 Å². The minimum absolute atomic E-state index is 1.03. The van der Waals surface area contributed by atoms with Crippen LogP contribution in [0.25, 0.3) is 27.6 Å². The molecule has 0 atom stereocenters. The van der Waals surface area contributed by atoms with Gasteiger partial charge >= 0.3 is 0 Å². The molecule has 0 amide bonds. The molecule has 0 saturated heterocycles. The second-order valence-corrected chi connectivity index (χ2v) is 5.68. The Hall–Kier alpha value is -1.93. The second kappa shape index (κ2) is 4.57. The van der Waals surface area contributed by atoms with Gasteiger partial charge in [0.2, 0.25) is 0 Å². The van der Waals surface area contributed by atoms with Crippen molar-refractivity contribution in [1.82, 2.24) is 4.57 Å². The Morgan fingerprint density at radius 3 is 2.50 bits per heavy atom. The van der Waals surface area contributed by atoms with Crippen LogP contribution in [-0.4, -0.2) is 4.57 Å². The van der Waals surface area contributed by atoms with E-state index in [1.54, 1.807) is 0 Å². The number of hydrogen-bond donors (Lipinski definition) is 1. The van der Waals surface area contributed by atoms with E-state index >= 15 is 0 Å². The molecule has 1 aliphatic rings. The van der Waals surface area contributed by atoms with E-state index in [1.807, 2.05) is 0 Å². The molecule has 0 spiro atoms. The lowest BCUT2D eigenvalue weighted by Crippen LogP contribution is -2.32. The lowest BCUT2D eigenvalue weighted by atomic mass is 10.1. The van der Waals surface area contributed by atoms with Crippen molar-refractivity contribution in [2.45, 2.75) is 12.8 Å². The summed E-state index contributed by atoms with van der Waals surface area (Å²) in [6, 6.07) is 19.1.